The first kappa shape index (κ1) is 13.3. The van der Waals surface area contributed by atoms with Crippen LogP contribution >= 0.6 is 0 Å². The first-order valence-electron chi connectivity index (χ1n) is 6.73. The molecule has 0 spiro atoms. The van der Waals surface area contributed by atoms with E-state index < -0.39 is 0 Å². The summed E-state index contributed by atoms with van der Waals surface area (Å²) in [5, 5.41) is 10.0. The summed E-state index contributed by atoms with van der Waals surface area (Å²) >= 11 is 0. The van der Waals surface area contributed by atoms with Crippen molar-refractivity contribution in [3.05, 3.63) is 0 Å². The molecule has 0 aromatic rings. The molecule has 2 saturated heterocycles. The minimum atomic E-state index is -0.204. The van der Waals surface area contributed by atoms with Crippen molar-refractivity contribution in [1.82, 2.24) is 9.80 Å². The molecular formula is C13H26N2O2. The number of hydrogen-bond donors (Lipinski definition) is 1. The second-order valence-corrected chi connectivity index (χ2v) is 6.19. The smallest absolute Gasteiger partial charge is 0.0739 e. The molecule has 2 aliphatic heterocycles. The zero-order valence-corrected chi connectivity index (χ0v) is 11.4. The molecule has 2 aliphatic rings. The molecule has 2 atom stereocenters. The molecule has 0 saturated carbocycles. The fourth-order valence-electron chi connectivity index (χ4n) is 2.78. The molecule has 100 valence electrons. The van der Waals surface area contributed by atoms with Crippen molar-refractivity contribution < 1.29 is 9.84 Å². The molecule has 4 nitrogen and oxygen atoms in total. The maximum Gasteiger partial charge on any atom is 0.0739 e. The quantitative estimate of drug-likeness (QED) is 0.728. The van der Waals surface area contributed by atoms with E-state index in [0.29, 0.717) is 13.2 Å². The Morgan fingerprint density at radius 2 is 1.76 bits per heavy atom. The topological polar surface area (TPSA) is 35.9 Å². The Morgan fingerprint density at radius 1 is 1.12 bits per heavy atom. The molecule has 1 N–H and O–H groups in total. The fourth-order valence-corrected chi connectivity index (χ4v) is 2.78. The van der Waals surface area contributed by atoms with Crippen LogP contribution in [0, 0.1) is 0 Å². The summed E-state index contributed by atoms with van der Waals surface area (Å²) in [7, 11) is 0. The first-order chi connectivity index (χ1) is 7.98. The van der Waals surface area contributed by atoms with Crippen LogP contribution < -0.4 is 0 Å². The molecule has 0 radical (unpaired) electrons. The number of rotatable bonds is 1. The highest BCUT2D eigenvalue weighted by Crippen LogP contribution is 2.20. The van der Waals surface area contributed by atoms with Crippen molar-refractivity contribution in [3.63, 3.8) is 0 Å². The number of piperazine rings is 1. The van der Waals surface area contributed by atoms with Gasteiger partial charge in [0.2, 0.25) is 0 Å². The van der Waals surface area contributed by atoms with E-state index in [-0.39, 0.29) is 17.7 Å². The van der Waals surface area contributed by atoms with Crippen molar-refractivity contribution >= 4 is 0 Å². The van der Waals surface area contributed by atoms with Gasteiger partial charge in [-0.2, -0.15) is 0 Å². The number of aliphatic hydroxyl groups is 1. The second kappa shape index (κ2) is 5.22. The Hall–Kier alpha value is -0.160. The Balaban J connectivity index is 1.86. The first-order valence-corrected chi connectivity index (χ1v) is 6.73. The number of ether oxygens (including phenoxy) is 1. The Bertz CT molecular complexity index is 244. The SMILES string of the molecule is CC(C)(C)N1CCN(C2COCCC2O)CC1. The van der Waals surface area contributed by atoms with Gasteiger partial charge in [0.25, 0.3) is 0 Å². The van der Waals surface area contributed by atoms with E-state index in [4.69, 9.17) is 4.74 Å². The lowest BCUT2D eigenvalue weighted by Crippen LogP contribution is -2.59. The maximum absolute atomic E-state index is 10.0. The summed E-state index contributed by atoms with van der Waals surface area (Å²) in [6, 6.07) is 0.214. The monoisotopic (exact) mass is 242 g/mol. The van der Waals surface area contributed by atoms with Crippen molar-refractivity contribution in [2.45, 2.75) is 44.9 Å². The van der Waals surface area contributed by atoms with Crippen LogP contribution in [0.25, 0.3) is 0 Å². The van der Waals surface area contributed by atoms with Gasteiger partial charge < -0.3 is 9.84 Å². The van der Waals surface area contributed by atoms with Crippen LogP contribution in [0.15, 0.2) is 0 Å². The molecule has 2 rings (SSSR count). The Morgan fingerprint density at radius 3 is 2.29 bits per heavy atom. The number of hydrogen-bond acceptors (Lipinski definition) is 4. The molecule has 0 amide bonds. The van der Waals surface area contributed by atoms with E-state index in [0.717, 1.165) is 32.6 Å². The van der Waals surface area contributed by atoms with Crippen LogP contribution in [-0.4, -0.2) is 72.0 Å². The van der Waals surface area contributed by atoms with E-state index in [1.807, 2.05) is 0 Å². The minimum Gasteiger partial charge on any atom is -0.391 e. The summed E-state index contributed by atoms with van der Waals surface area (Å²) in [5.74, 6) is 0. The molecule has 4 heteroatoms. The van der Waals surface area contributed by atoms with E-state index in [2.05, 4.69) is 30.6 Å². The van der Waals surface area contributed by atoms with Crippen LogP contribution in [0.1, 0.15) is 27.2 Å². The number of nitrogens with zero attached hydrogens (tertiary/aromatic N) is 2. The lowest BCUT2D eigenvalue weighted by Gasteiger charge is -2.46. The van der Waals surface area contributed by atoms with Gasteiger partial charge >= 0.3 is 0 Å². The van der Waals surface area contributed by atoms with E-state index in [1.165, 1.54) is 0 Å². The normalized spacial score (nSPS) is 33.9. The van der Waals surface area contributed by atoms with Crippen LogP contribution in [0.4, 0.5) is 0 Å². The molecule has 0 aromatic heterocycles. The van der Waals surface area contributed by atoms with Gasteiger partial charge in [-0.05, 0) is 27.2 Å². The fraction of sp³-hybridized carbons (Fsp3) is 1.00. The zero-order chi connectivity index (χ0) is 12.5. The standard InChI is InChI=1S/C13H26N2O2/c1-13(2,3)15-7-5-14(6-8-15)11-10-17-9-4-12(11)16/h11-12,16H,4-10H2,1-3H3. The average Bonchev–Trinajstić information content (AvgIpc) is 2.29. The predicted molar refractivity (Wildman–Crippen MR) is 68.1 cm³/mol. The zero-order valence-electron chi connectivity index (χ0n) is 11.4. The van der Waals surface area contributed by atoms with Crippen LogP contribution in [0.3, 0.4) is 0 Å². The molecule has 0 aromatic carbocycles. The maximum atomic E-state index is 10.0. The molecule has 2 fully saturated rings. The highest BCUT2D eigenvalue weighted by Gasteiger charge is 2.33. The van der Waals surface area contributed by atoms with Crippen LogP contribution in [-0.2, 0) is 4.74 Å². The summed E-state index contributed by atoms with van der Waals surface area (Å²) in [6.45, 7) is 12.5. The van der Waals surface area contributed by atoms with Gasteiger partial charge in [-0.1, -0.05) is 0 Å². The van der Waals surface area contributed by atoms with Crippen LogP contribution in [0.5, 0.6) is 0 Å². The van der Waals surface area contributed by atoms with E-state index >= 15 is 0 Å². The van der Waals surface area contributed by atoms with Gasteiger partial charge in [-0.3, -0.25) is 9.80 Å². The molecule has 2 heterocycles. The highest BCUT2D eigenvalue weighted by molar-refractivity contribution is 4.88. The molecule has 17 heavy (non-hydrogen) atoms. The average molecular weight is 242 g/mol. The van der Waals surface area contributed by atoms with Crippen molar-refractivity contribution in [2.75, 3.05) is 39.4 Å². The highest BCUT2D eigenvalue weighted by atomic mass is 16.5. The summed E-state index contributed by atoms with van der Waals surface area (Å²) in [4.78, 5) is 4.91. The lowest BCUT2D eigenvalue weighted by atomic mass is 10.0. The third-order valence-electron chi connectivity index (χ3n) is 4.02. The predicted octanol–water partition coefficient (Wildman–Crippen LogP) is 0.552. The third kappa shape index (κ3) is 3.19. The van der Waals surface area contributed by atoms with Crippen molar-refractivity contribution in [2.24, 2.45) is 0 Å². The van der Waals surface area contributed by atoms with Gasteiger partial charge in [0.15, 0.2) is 0 Å². The Kier molecular flexibility index (Phi) is 4.08. The van der Waals surface area contributed by atoms with Gasteiger partial charge in [0, 0.05) is 38.3 Å². The van der Waals surface area contributed by atoms with Gasteiger partial charge in [0.1, 0.15) is 0 Å². The lowest BCUT2D eigenvalue weighted by molar-refractivity contribution is -0.0771. The van der Waals surface area contributed by atoms with Crippen LogP contribution in [0.2, 0.25) is 0 Å². The minimum absolute atomic E-state index is 0.204. The molecule has 0 bridgehead atoms. The van der Waals surface area contributed by atoms with Crippen molar-refractivity contribution in [1.29, 1.82) is 0 Å². The van der Waals surface area contributed by atoms with E-state index in [9.17, 15) is 5.11 Å². The summed E-state index contributed by atoms with van der Waals surface area (Å²) < 4.78 is 5.48. The molecule has 2 unspecified atom stereocenters. The summed E-state index contributed by atoms with van der Waals surface area (Å²) in [5.41, 5.74) is 0.258. The summed E-state index contributed by atoms with van der Waals surface area (Å²) in [6.07, 6.45) is 0.578. The number of aliphatic hydroxyl groups excluding tert-OH is 1. The third-order valence-corrected chi connectivity index (χ3v) is 4.02. The second-order valence-electron chi connectivity index (χ2n) is 6.19. The van der Waals surface area contributed by atoms with Gasteiger partial charge in [-0.25, -0.2) is 0 Å². The Labute approximate surface area is 105 Å². The van der Waals surface area contributed by atoms with E-state index in [1.54, 1.807) is 0 Å². The van der Waals surface area contributed by atoms with Gasteiger partial charge in [-0.15, -0.1) is 0 Å². The van der Waals surface area contributed by atoms with Crippen molar-refractivity contribution in [3.8, 4) is 0 Å². The molecule has 0 aliphatic carbocycles. The molecular weight excluding hydrogens is 216 g/mol. The largest absolute Gasteiger partial charge is 0.391 e. The van der Waals surface area contributed by atoms with Gasteiger partial charge in [0.05, 0.1) is 18.8 Å².